The van der Waals surface area contributed by atoms with Gasteiger partial charge in [-0.25, -0.2) is 13.2 Å². The summed E-state index contributed by atoms with van der Waals surface area (Å²) in [5.41, 5.74) is 1.92. The topological polar surface area (TPSA) is 80.8 Å². The summed E-state index contributed by atoms with van der Waals surface area (Å²) in [7, 11) is -1.54. The third-order valence-corrected chi connectivity index (χ3v) is 6.08. The van der Waals surface area contributed by atoms with E-state index in [0.29, 0.717) is 6.42 Å². The number of ether oxygens (including phenoxy) is 1. The number of likely N-dealkylation sites (N-methyl/N-ethyl adjacent to an activating group) is 1. The van der Waals surface area contributed by atoms with Gasteiger partial charge in [0, 0.05) is 19.2 Å². The fourth-order valence-electron chi connectivity index (χ4n) is 2.74. The molecule has 0 aliphatic carbocycles. The van der Waals surface area contributed by atoms with E-state index in [0.717, 1.165) is 11.1 Å². The zero-order valence-corrected chi connectivity index (χ0v) is 15.5. The Labute approximate surface area is 148 Å². The van der Waals surface area contributed by atoms with Crippen molar-refractivity contribution < 1.29 is 22.7 Å². The molecule has 0 unspecified atom stereocenters. The molecule has 0 radical (unpaired) electrons. The number of hydrogen-bond donors (Lipinski definition) is 0. The largest absolute Gasteiger partial charge is 0.449 e. The Balaban J connectivity index is 1.92. The second-order valence-electron chi connectivity index (χ2n) is 6.28. The maximum atomic E-state index is 12.3. The van der Waals surface area contributed by atoms with Crippen molar-refractivity contribution in [2.75, 3.05) is 18.6 Å². The summed E-state index contributed by atoms with van der Waals surface area (Å²) in [4.78, 5) is 25.6. The van der Waals surface area contributed by atoms with Crippen LogP contribution in [0, 0.1) is 6.92 Å². The summed E-state index contributed by atoms with van der Waals surface area (Å²) in [5.74, 6) is -0.970. The number of carbonyl (C=O) groups excluding carboxylic acids is 2. The molecular formula is C18H23NO5S. The maximum Gasteiger partial charge on any atom is 0.331 e. The number of carbonyl (C=O) groups is 2. The molecule has 1 aromatic rings. The number of esters is 1. The Morgan fingerprint density at radius 1 is 1.32 bits per heavy atom. The molecule has 2 rings (SSSR count). The minimum absolute atomic E-state index is 0.0386. The molecule has 2 atom stereocenters. The maximum absolute atomic E-state index is 12.3. The van der Waals surface area contributed by atoms with Crippen LogP contribution in [0.3, 0.4) is 0 Å². The first-order valence-electron chi connectivity index (χ1n) is 8.11. The quantitative estimate of drug-likeness (QED) is 0.585. The number of nitrogens with zero attached hydrogens (tertiary/aromatic N) is 1. The number of rotatable bonds is 5. The average Bonchev–Trinajstić information content (AvgIpc) is 2.92. The molecule has 136 valence electrons. The number of hydrogen-bond acceptors (Lipinski definition) is 5. The summed E-state index contributed by atoms with van der Waals surface area (Å²) in [6.45, 7) is 3.42. The Kier molecular flexibility index (Phi) is 6.00. The zero-order chi connectivity index (χ0) is 18.6. The lowest BCUT2D eigenvalue weighted by molar-refractivity contribution is -0.155. The van der Waals surface area contributed by atoms with Gasteiger partial charge in [-0.05, 0) is 37.5 Å². The molecule has 0 bridgehead atoms. The summed E-state index contributed by atoms with van der Waals surface area (Å²) in [5, 5.41) is 0. The van der Waals surface area contributed by atoms with E-state index in [9.17, 15) is 18.0 Å². The highest BCUT2D eigenvalue weighted by atomic mass is 32.2. The van der Waals surface area contributed by atoms with Gasteiger partial charge in [0.25, 0.3) is 5.91 Å². The molecule has 1 amide bonds. The molecule has 0 aromatic heterocycles. The molecular weight excluding hydrogens is 342 g/mol. The number of amides is 1. The summed E-state index contributed by atoms with van der Waals surface area (Å²) in [6, 6.07) is 7.23. The molecule has 0 spiro atoms. The highest BCUT2D eigenvalue weighted by molar-refractivity contribution is 7.91. The zero-order valence-electron chi connectivity index (χ0n) is 14.6. The summed E-state index contributed by atoms with van der Waals surface area (Å²) in [6.07, 6.45) is 2.37. The Hall–Kier alpha value is -2.15. The lowest BCUT2D eigenvalue weighted by atomic mass is 10.1. The van der Waals surface area contributed by atoms with Gasteiger partial charge in [-0.2, -0.15) is 0 Å². The van der Waals surface area contributed by atoms with Gasteiger partial charge in [-0.15, -0.1) is 0 Å². The molecule has 1 saturated heterocycles. The van der Waals surface area contributed by atoms with Crippen molar-refractivity contribution in [3.8, 4) is 0 Å². The van der Waals surface area contributed by atoms with Crippen LogP contribution in [0.5, 0.6) is 0 Å². The third-order valence-electron chi connectivity index (χ3n) is 4.33. The Morgan fingerprint density at radius 2 is 2.00 bits per heavy atom. The van der Waals surface area contributed by atoms with Crippen LogP contribution < -0.4 is 0 Å². The molecule has 1 heterocycles. The number of aryl methyl sites for hydroxylation is 1. The smallest absolute Gasteiger partial charge is 0.331 e. The van der Waals surface area contributed by atoms with E-state index in [-0.39, 0.29) is 17.5 Å². The van der Waals surface area contributed by atoms with Crippen LogP contribution >= 0.6 is 0 Å². The van der Waals surface area contributed by atoms with Crippen molar-refractivity contribution in [3.05, 3.63) is 41.5 Å². The highest BCUT2D eigenvalue weighted by Crippen LogP contribution is 2.17. The van der Waals surface area contributed by atoms with Crippen molar-refractivity contribution in [1.29, 1.82) is 0 Å². The summed E-state index contributed by atoms with van der Waals surface area (Å²) < 4.78 is 28.2. The van der Waals surface area contributed by atoms with Gasteiger partial charge in [-0.1, -0.05) is 24.3 Å². The first-order valence-corrected chi connectivity index (χ1v) is 9.93. The Bertz CT molecular complexity index is 784. The summed E-state index contributed by atoms with van der Waals surface area (Å²) >= 11 is 0. The van der Waals surface area contributed by atoms with Gasteiger partial charge in [0.2, 0.25) is 0 Å². The number of sulfone groups is 1. The van der Waals surface area contributed by atoms with Crippen molar-refractivity contribution >= 4 is 27.8 Å². The highest BCUT2D eigenvalue weighted by Gasteiger charge is 2.34. The Morgan fingerprint density at radius 3 is 2.60 bits per heavy atom. The average molecular weight is 365 g/mol. The first kappa shape index (κ1) is 19.2. The van der Waals surface area contributed by atoms with Crippen LogP contribution in [-0.2, 0) is 24.2 Å². The fourth-order valence-corrected chi connectivity index (χ4v) is 4.52. The SMILES string of the molecule is Cc1ccccc1/C=C/C(=O)O[C@H](C)C(=O)N(C)[C@@H]1CCS(=O)(=O)C1. The lowest BCUT2D eigenvalue weighted by Crippen LogP contribution is -2.44. The third kappa shape index (κ3) is 5.16. The molecule has 7 heteroatoms. The molecule has 6 nitrogen and oxygen atoms in total. The lowest BCUT2D eigenvalue weighted by Gasteiger charge is -2.26. The minimum Gasteiger partial charge on any atom is -0.449 e. The second-order valence-corrected chi connectivity index (χ2v) is 8.50. The van der Waals surface area contributed by atoms with Crippen LogP contribution in [0.25, 0.3) is 6.08 Å². The predicted octanol–water partition coefficient (Wildman–Crippen LogP) is 1.59. The van der Waals surface area contributed by atoms with E-state index < -0.39 is 27.8 Å². The van der Waals surface area contributed by atoms with E-state index in [1.165, 1.54) is 17.9 Å². The molecule has 0 saturated carbocycles. The molecule has 25 heavy (non-hydrogen) atoms. The second kappa shape index (κ2) is 7.82. The van der Waals surface area contributed by atoms with Crippen molar-refractivity contribution in [3.63, 3.8) is 0 Å². The number of benzene rings is 1. The van der Waals surface area contributed by atoms with Crippen LogP contribution in [0.2, 0.25) is 0 Å². The van der Waals surface area contributed by atoms with Crippen LogP contribution in [0.1, 0.15) is 24.5 Å². The molecule has 1 aliphatic heterocycles. The van der Waals surface area contributed by atoms with Gasteiger partial charge < -0.3 is 9.64 Å². The van der Waals surface area contributed by atoms with Gasteiger partial charge in [-0.3, -0.25) is 4.79 Å². The standard InChI is InChI=1S/C18H23NO5S/c1-13-6-4-5-7-15(13)8-9-17(20)24-14(2)18(21)19(3)16-10-11-25(22,23)12-16/h4-9,14,16H,10-12H2,1-3H3/b9-8+/t14-,16-/m1/s1. The van der Waals surface area contributed by atoms with Gasteiger partial charge in [0.15, 0.2) is 15.9 Å². The van der Waals surface area contributed by atoms with E-state index in [1.54, 1.807) is 13.1 Å². The van der Waals surface area contributed by atoms with Crippen LogP contribution in [-0.4, -0.2) is 55.9 Å². The normalized spacial score (nSPS) is 20.4. The molecule has 1 fully saturated rings. The monoisotopic (exact) mass is 365 g/mol. The van der Waals surface area contributed by atoms with Gasteiger partial charge in [0.05, 0.1) is 11.5 Å². The van der Waals surface area contributed by atoms with E-state index >= 15 is 0 Å². The van der Waals surface area contributed by atoms with E-state index in [4.69, 9.17) is 4.74 Å². The van der Waals surface area contributed by atoms with E-state index in [2.05, 4.69) is 0 Å². The molecule has 1 aromatic carbocycles. The van der Waals surface area contributed by atoms with Gasteiger partial charge >= 0.3 is 5.97 Å². The van der Waals surface area contributed by atoms with Crippen molar-refractivity contribution in [2.45, 2.75) is 32.4 Å². The van der Waals surface area contributed by atoms with Crippen LogP contribution in [0.4, 0.5) is 0 Å². The predicted molar refractivity (Wildman–Crippen MR) is 95.6 cm³/mol. The first-order chi connectivity index (χ1) is 11.7. The van der Waals surface area contributed by atoms with Crippen molar-refractivity contribution in [1.82, 2.24) is 4.90 Å². The molecule has 1 aliphatic rings. The van der Waals surface area contributed by atoms with Gasteiger partial charge in [0.1, 0.15) is 0 Å². The minimum atomic E-state index is -3.08. The van der Waals surface area contributed by atoms with Crippen LogP contribution in [0.15, 0.2) is 30.3 Å². The molecule has 0 N–H and O–H groups in total. The van der Waals surface area contributed by atoms with Crippen molar-refractivity contribution in [2.24, 2.45) is 0 Å². The van der Waals surface area contributed by atoms with E-state index in [1.807, 2.05) is 31.2 Å². The fraction of sp³-hybridized carbons (Fsp3) is 0.444.